The highest BCUT2D eigenvalue weighted by atomic mass is 35.5. The van der Waals surface area contributed by atoms with Crippen LogP contribution in [0.4, 0.5) is 5.69 Å². The van der Waals surface area contributed by atoms with Crippen LogP contribution in [0.3, 0.4) is 0 Å². The largest absolute Gasteiger partial charge is 0.354 e. The third-order valence-corrected chi connectivity index (χ3v) is 7.85. The number of hydrogen-bond donors (Lipinski definition) is 1. The Kier molecular flexibility index (Phi) is 8.61. The third kappa shape index (κ3) is 6.51. The van der Waals surface area contributed by atoms with Crippen molar-refractivity contribution in [3.63, 3.8) is 0 Å². The van der Waals surface area contributed by atoms with Gasteiger partial charge in [0, 0.05) is 16.5 Å². The van der Waals surface area contributed by atoms with Crippen LogP contribution in [0.5, 0.6) is 0 Å². The zero-order valence-electron chi connectivity index (χ0n) is 17.7. The summed E-state index contributed by atoms with van der Waals surface area (Å²) in [6, 6.07) is 23.1. The van der Waals surface area contributed by atoms with Crippen LogP contribution in [0, 0.1) is 6.92 Å². The number of anilines is 1. The SMILES string of the molecule is Cc1ccccc1N(CC(=O)NCCCSc1ccccc1)S(=O)(=O)c1ccc(Cl)cc1. The maximum Gasteiger partial charge on any atom is 0.264 e. The van der Waals surface area contributed by atoms with Gasteiger partial charge >= 0.3 is 0 Å². The average molecular weight is 489 g/mol. The van der Waals surface area contributed by atoms with Crippen LogP contribution in [0.2, 0.25) is 5.02 Å². The number of sulfonamides is 1. The number of nitrogens with zero attached hydrogens (tertiary/aromatic N) is 1. The summed E-state index contributed by atoms with van der Waals surface area (Å²) in [7, 11) is -3.95. The van der Waals surface area contributed by atoms with Gasteiger partial charge in [-0.1, -0.05) is 48.0 Å². The van der Waals surface area contributed by atoms with Crippen molar-refractivity contribution in [2.75, 3.05) is 23.1 Å². The summed E-state index contributed by atoms with van der Waals surface area (Å²) < 4.78 is 27.9. The van der Waals surface area contributed by atoms with E-state index in [2.05, 4.69) is 5.32 Å². The van der Waals surface area contributed by atoms with Crippen LogP contribution < -0.4 is 9.62 Å². The van der Waals surface area contributed by atoms with Crippen LogP contribution in [0.15, 0.2) is 88.7 Å². The average Bonchev–Trinajstić information content (AvgIpc) is 2.79. The lowest BCUT2D eigenvalue weighted by molar-refractivity contribution is -0.119. The fourth-order valence-electron chi connectivity index (χ4n) is 3.07. The first kappa shape index (κ1) is 24.2. The van der Waals surface area contributed by atoms with E-state index < -0.39 is 10.0 Å². The number of aryl methyl sites for hydroxylation is 1. The number of carbonyl (C=O) groups excluding carboxylic acids is 1. The minimum absolute atomic E-state index is 0.0808. The van der Waals surface area contributed by atoms with Crippen molar-refractivity contribution in [2.45, 2.75) is 23.1 Å². The van der Waals surface area contributed by atoms with E-state index >= 15 is 0 Å². The van der Waals surface area contributed by atoms with E-state index in [1.165, 1.54) is 29.2 Å². The lowest BCUT2D eigenvalue weighted by Crippen LogP contribution is -2.41. The van der Waals surface area contributed by atoms with Crippen molar-refractivity contribution in [3.05, 3.63) is 89.4 Å². The molecular weight excluding hydrogens is 464 g/mol. The Morgan fingerprint density at radius 2 is 1.62 bits per heavy atom. The lowest BCUT2D eigenvalue weighted by atomic mass is 10.2. The summed E-state index contributed by atoms with van der Waals surface area (Å²) in [5.74, 6) is 0.505. The number of nitrogens with one attached hydrogen (secondary N) is 1. The van der Waals surface area contributed by atoms with Crippen LogP contribution in [0.25, 0.3) is 0 Å². The molecule has 1 amide bonds. The van der Waals surface area contributed by atoms with Gasteiger partial charge in [0.15, 0.2) is 0 Å². The molecule has 8 heteroatoms. The molecule has 0 unspecified atom stereocenters. The standard InChI is InChI=1S/C24H25ClN2O3S2/c1-19-8-5-6-11-23(19)27(32(29,30)22-14-12-20(25)13-15-22)18-24(28)26-16-7-17-31-21-9-3-2-4-10-21/h2-6,8-15H,7,16-18H2,1H3,(H,26,28). The van der Waals surface area contributed by atoms with Crippen molar-refractivity contribution in [2.24, 2.45) is 0 Å². The van der Waals surface area contributed by atoms with E-state index in [4.69, 9.17) is 11.6 Å². The molecule has 0 spiro atoms. The van der Waals surface area contributed by atoms with E-state index in [1.54, 1.807) is 23.9 Å². The zero-order valence-corrected chi connectivity index (χ0v) is 20.1. The van der Waals surface area contributed by atoms with Gasteiger partial charge in [-0.25, -0.2) is 8.42 Å². The molecule has 3 rings (SSSR count). The molecular formula is C24H25ClN2O3S2. The summed E-state index contributed by atoms with van der Waals surface area (Å²) >= 11 is 7.63. The van der Waals surface area contributed by atoms with Crippen molar-refractivity contribution in [1.29, 1.82) is 0 Å². The van der Waals surface area contributed by atoms with Gasteiger partial charge in [-0.05, 0) is 67.1 Å². The summed E-state index contributed by atoms with van der Waals surface area (Å²) in [5, 5.41) is 3.28. The topological polar surface area (TPSA) is 66.5 Å². The maximum absolute atomic E-state index is 13.4. The molecule has 1 N–H and O–H groups in total. The number of amides is 1. The van der Waals surface area contributed by atoms with Crippen LogP contribution in [-0.2, 0) is 14.8 Å². The molecule has 32 heavy (non-hydrogen) atoms. The Labute approximate surface area is 198 Å². The molecule has 5 nitrogen and oxygen atoms in total. The van der Waals surface area contributed by atoms with Gasteiger partial charge in [0.1, 0.15) is 6.54 Å². The Hall–Kier alpha value is -2.48. The van der Waals surface area contributed by atoms with Gasteiger partial charge in [-0.2, -0.15) is 0 Å². The van der Waals surface area contributed by atoms with Crippen LogP contribution in [0.1, 0.15) is 12.0 Å². The Morgan fingerprint density at radius 1 is 0.969 bits per heavy atom. The van der Waals surface area contributed by atoms with Crippen LogP contribution in [-0.4, -0.2) is 33.2 Å². The smallest absolute Gasteiger partial charge is 0.264 e. The van der Waals surface area contributed by atoms with E-state index in [0.717, 1.165) is 22.0 Å². The fraction of sp³-hybridized carbons (Fsp3) is 0.208. The molecule has 168 valence electrons. The summed E-state index contributed by atoms with van der Waals surface area (Å²) in [4.78, 5) is 13.9. The Morgan fingerprint density at radius 3 is 2.31 bits per heavy atom. The van der Waals surface area contributed by atoms with Crippen molar-refractivity contribution < 1.29 is 13.2 Å². The summed E-state index contributed by atoms with van der Waals surface area (Å²) in [5.41, 5.74) is 1.23. The summed E-state index contributed by atoms with van der Waals surface area (Å²) in [6.07, 6.45) is 0.777. The number of hydrogen-bond acceptors (Lipinski definition) is 4. The first-order valence-corrected chi connectivity index (χ1v) is 13.0. The number of benzene rings is 3. The Balaban J connectivity index is 1.67. The minimum atomic E-state index is -3.95. The molecule has 0 heterocycles. The molecule has 0 aromatic heterocycles. The molecule has 0 aliphatic carbocycles. The lowest BCUT2D eigenvalue weighted by Gasteiger charge is -2.25. The van der Waals surface area contributed by atoms with Gasteiger partial charge in [0.25, 0.3) is 10.0 Å². The molecule has 0 saturated carbocycles. The van der Waals surface area contributed by atoms with E-state index in [-0.39, 0.29) is 17.3 Å². The summed E-state index contributed by atoms with van der Waals surface area (Å²) in [6.45, 7) is 1.99. The molecule has 3 aromatic rings. The maximum atomic E-state index is 13.4. The molecule has 0 saturated heterocycles. The van der Waals surface area contributed by atoms with Gasteiger partial charge in [-0.3, -0.25) is 9.10 Å². The molecule has 0 aliphatic heterocycles. The number of thioether (sulfide) groups is 1. The molecule has 0 fully saturated rings. The number of carbonyl (C=O) groups is 1. The van der Waals surface area contributed by atoms with Crippen molar-refractivity contribution in [1.82, 2.24) is 5.32 Å². The predicted octanol–water partition coefficient (Wildman–Crippen LogP) is 5.14. The normalized spacial score (nSPS) is 11.2. The van der Waals surface area contributed by atoms with Crippen molar-refractivity contribution >= 4 is 45.0 Å². The van der Waals surface area contributed by atoms with Crippen LogP contribution >= 0.6 is 23.4 Å². The van der Waals surface area contributed by atoms with Crippen molar-refractivity contribution in [3.8, 4) is 0 Å². The number of halogens is 1. The Bertz CT molecular complexity index is 1140. The highest BCUT2D eigenvalue weighted by Gasteiger charge is 2.28. The van der Waals surface area contributed by atoms with E-state index in [9.17, 15) is 13.2 Å². The molecule has 3 aromatic carbocycles. The highest BCUT2D eigenvalue weighted by molar-refractivity contribution is 7.99. The van der Waals surface area contributed by atoms with E-state index in [1.807, 2.05) is 49.4 Å². The second-order valence-electron chi connectivity index (χ2n) is 7.12. The fourth-order valence-corrected chi connectivity index (χ4v) is 5.56. The third-order valence-electron chi connectivity index (χ3n) is 4.73. The zero-order chi connectivity index (χ0) is 23.0. The van der Waals surface area contributed by atoms with Gasteiger partial charge in [-0.15, -0.1) is 11.8 Å². The minimum Gasteiger partial charge on any atom is -0.354 e. The first-order chi connectivity index (χ1) is 15.4. The molecule has 0 radical (unpaired) electrons. The second kappa shape index (κ2) is 11.4. The van der Waals surface area contributed by atoms with E-state index in [0.29, 0.717) is 17.3 Å². The molecule has 0 aliphatic rings. The quantitative estimate of drug-likeness (QED) is 0.317. The monoisotopic (exact) mass is 488 g/mol. The van der Waals surface area contributed by atoms with Gasteiger partial charge in [0.05, 0.1) is 10.6 Å². The second-order valence-corrected chi connectivity index (χ2v) is 10.6. The van der Waals surface area contributed by atoms with Gasteiger partial charge in [0.2, 0.25) is 5.91 Å². The highest BCUT2D eigenvalue weighted by Crippen LogP contribution is 2.27. The molecule has 0 atom stereocenters. The first-order valence-electron chi connectivity index (χ1n) is 10.2. The number of rotatable bonds is 10. The number of para-hydroxylation sites is 1. The van der Waals surface area contributed by atoms with Gasteiger partial charge < -0.3 is 5.32 Å². The predicted molar refractivity (Wildman–Crippen MR) is 132 cm³/mol. The molecule has 0 bridgehead atoms.